The minimum Gasteiger partial charge on any atom is -0.495 e. The molecule has 1 saturated heterocycles. The molecular formula is C15H23N3O4S. The van der Waals surface area contributed by atoms with E-state index in [2.05, 4.69) is 9.62 Å². The molecule has 1 atom stereocenters. The first-order chi connectivity index (χ1) is 10.8. The summed E-state index contributed by atoms with van der Waals surface area (Å²) < 4.78 is 31.6. The number of hydrogen-bond acceptors (Lipinski definition) is 5. The van der Waals surface area contributed by atoms with Crippen molar-refractivity contribution >= 4 is 15.9 Å². The van der Waals surface area contributed by atoms with Crippen LogP contribution in [0.2, 0.25) is 0 Å². The molecule has 1 aliphatic rings. The van der Waals surface area contributed by atoms with E-state index in [4.69, 9.17) is 4.74 Å². The second kappa shape index (κ2) is 6.86. The summed E-state index contributed by atoms with van der Waals surface area (Å²) >= 11 is 0. The number of nitrogens with one attached hydrogen (secondary N) is 1. The van der Waals surface area contributed by atoms with Gasteiger partial charge in [0.15, 0.2) is 0 Å². The first-order valence-corrected chi connectivity index (χ1v) is 8.89. The van der Waals surface area contributed by atoms with E-state index >= 15 is 0 Å². The highest BCUT2D eigenvalue weighted by molar-refractivity contribution is 7.89. The van der Waals surface area contributed by atoms with Crippen LogP contribution >= 0.6 is 0 Å². The predicted octanol–water partition coefficient (Wildman–Crippen LogP) is 0.379. The maximum Gasteiger partial charge on any atom is 0.254 e. The maximum atomic E-state index is 12.7. The largest absolute Gasteiger partial charge is 0.495 e. The van der Waals surface area contributed by atoms with Crippen LogP contribution in [0, 0.1) is 0 Å². The van der Waals surface area contributed by atoms with Gasteiger partial charge in [0.05, 0.1) is 7.11 Å². The van der Waals surface area contributed by atoms with Crippen molar-refractivity contribution in [3.63, 3.8) is 0 Å². The molecule has 0 saturated carbocycles. The van der Waals surface area contributed by atoms with Crippen LogP contribution in [0.3, 0.4) is 0 Å². The summed E-state index contributed by atoms with van der Waals surface area (Å²) in [7, 11) is 1.04. The molecule has 128 valence electrons. The normalized spacial score (nSPS) is 19.7. The number of hydrogen-bond donors (Lipinski definition) is 1. The average molecular weight is 341 g/mol. The fraction of sp³-hybridized carbons (Fsp3) is 0.533. The molecule has 2 rings (SSSR count). The van der Waals surface area contributed by atoms with Gasteiger partial charge in [-0.15, -0.1) is 0 Å². The van der Waals surface area contributed by atoms with Crippen LogP contribution in [0.4, 0.5) is 0 Å². The third kappa shape index (κ3) is 3.65. The number of ether oxygens (including phenoxy) is 1. The first-order valence-electron chi connectivity index (χ1n) is 7.41. The van der Waals surface area contributed by atoms with Gasteiger partial charge in [0, 0.05) is 31.2 Å². The predicted molar refractivity (Wildman–Crippen MR) is 87.2 cm³/mol. The molecule has 7 nitrogen and oxygen atoms in total. The number of methoxy groups -OCH3 is 1. The number of rotatable bonds is 4. The molecule has 1 aromatic carbocycles. The zero-order valence-electron chi connectivity index (χ0n) is 13.9. The number of sulfonamides is 1. The highest BCUT2D eigenvalue weighted by atomic mass is 32.2. The van der Waals surface area contributed by atoms with Gasteiger partial charge < -0.3 is 14.5 Å². The lowest BCUT2D eigenvalue weighted by atomic mass is 10.1. The number of carbonyl (C=O) groups is 1. The van der Waals surface area contributed by atoms with Crippen molar-refractivity contribution in [3.8, 4) is 5.75 Å². The van der Waals surface area contributed by atoms with Gasteiger partial charge in [0.25, 0.3) is 5.91 Å². The van der Waals surface area contributed by atoms with Crippen molar-refractivity contribution in [2.24, 2.45) is 0 Å². The maximum absolute atomic E-state index is 12.7. The Kier molecular flexibility index (Phi) is 5.28. The minimum atomic E-state index is -3.70. The van der Waals surface area contributed by atoms with E-state index in [0.717, 1.165) is 13.1 Å². The lowest BCUT2D eigenvalue weighted by molar-refractivity contribution is 0.0533. The van der Waals surface area contributed by atoms with Crippen molar-refractivity contribution in [2.75, 3.05) is 40.8 Å². The summed E-state index contributed by atoms with van der Waals surface area (Å²) in [5.41, 5.74) is 0.344. The fourth-order valence-corrected chi connectivity index (χ4v) is 3.66. The number of nitrogens with zero attached hydrogens (tertiary/aromatic N) is 2. The number of benzene rings is 1. The summed E-state index contributed by atoms with van der Waals surface area (Å²) in [4.78, 5) is 16.6. The summed E-state index contributed by atoms with van der Waals surface area (Å²) in [6.07, 6.45) is 0. The van der Waals surface area contributed by atoms with E-state index < -0.39 is 10.0 Å². The van der Waals surface area contributed by atoms with Crippen LogP contribution in [0.15, 0.2) is 23.1 Å². The van der Waals surface area contributed by atoms with Gasteiger partial charge in [-0.1, -0.05) is 0 Å². The average Bonchev–Trinajstić information content (AvgIpc) is 2.53. The Labute approximate surface area is 137 Å². The van der Waals surface area contributed by atoms with E-state index in [1.807, 2.05) is 14.0 Å². The number of amides is 1. The highest BCUT2D eigenvalue weighted by Gasteiger charge is 2.28. The molecule has 0 aliphatic carbocycles. The number of carbonyl (C=O) groups excluding carboxylic acids is 1. The topological polar surface area (TPSA) is 79.0 Å². The molecule has 0 spiro atoms. The van der Waals surface area contributed by atoms with E-state index in [9.17, 15) is 13.2 Å². The van der Waals surface area contributed by atoms with Gasteiger partial charge in [0.1, 0.15) is 10.6 Å². The van der Waals surface area contributed by atoms with Crippen LogP contribution in [-0.2, 0) is 10.0 Å². The molecule has 0 radical (unpaired) electrons. The van der Waals surface area contributed by atoms with Gasteiger partial charge in [0.2, 0.25) is 10.0 Å². The third-order valence-electron chi connectivity index (χ3n) is 4.06. The molecule has 0 bridgehead atoms. The van der Waals surface area contributed by atoms with E-state index in [1.165, 1.54) is 26.3 Å². The Morgan fingerprint density at radius 1 is 1.35 bits per heavy atom. The smallest absolute Gasteiger partial charge is 0.254 e. The van der Waals surface area contributed by atoms with Gasteiger partial charge in [-0.2, -0.15) is 0 Å². The highest BCUT2D eigenvalue weighted by Crippen LogP contribution is 2.26. The second-order valence-electron chi connectivity index (χ2n) is 5.68. The van der Waals surface area contributed by atoms with Crippen molar-refractivity contribution in [1.29, 1.82) is 0 Å². The van der Waals surface area contributed by atoms with Gasteiger partial charge >= 0.3 is 0 Å². The van der Waals surface area contributed by atoms with Crippen molar-refractivity contribution in [1.82, 2.24) is 14.5 Å². The Bertz CT molecular complexity index is 690. The molecule has 23 heavy (non-hydrogen) atoms. The summed E-state index contributed by atoms with van der Waals surface area (Å²) in [5, 5.41) is 0. The van der Waals surface area contributed by atoms with Crippen molar-refractivity contribution < 1.29 is 17.9 Å². The third-order valence-corrected chi connectivity index (χ3v) is 5.50. The van der Waals surface area contributed by atoms with Crippen LogP contribution in [0.25, 0.3) is 0 Å². The Morgan fingerprint density at radius 2 is 2.04 bits per heavy atom. The first kappa shape index (κ1) is 17.7. The molecule has 1 amide bonds. The van der Waals surface area contributed by atoms with Gasteiger partial charge in [-0.05, 0) is 39.2 Å². The summed E-state index contributed by atoms with van der Waals surface area (Å²) in [6.45, 7) is 4.20. The van der Waals surface area contributed by atoms with E-state index in [0.29, 0.717) is 12.1 Å². The van der Waals surface area contributed by atoms with Gasteiger partial charge in [-0.3, -0.25) is 4.79 Å². The van der Waals surface area contributed by atoms with Gasteiger partial charge in [-0.25, -0.2) is 13.1 Å². The SMILES string of the molecule is CNS(=O)(=O)c1cc(C(=O)N2CCN(C)C[C@H]2C)ccc1OC. The lowest BCUT2D eigenvalue weighted by Gasteiger charge is -2.38. The van der Waals surface area contributed by atoms with E-state index in [-0.39, 0.29) is 22.6 Å². The van der Waals surface area contributed by atoms with Crippen molar-refractivity contribution in [3.05, 3.63) is 23.8 Å². The minimum absolute atomic E-state index is 0.0323. The summed E-state index contributed by atoms with van der Waals surface area (Å²) in [5.74, 6) is 0.0446. The molecule has 0 unspecified atom stereocenters. The number of likely N-dealkylation sites (N-methyl/N-ethyl adjacent to an activating group) is 1. The number of piperazine rings is 1. The zero-order valence-corrected chi connectivity index (χ0v) is 14.7. The Balaban J connectivity index is 2.37. The molecular weight excluding hydrogens is 318 g/mol. The quantitative estimate of drug-likeness (QED) is 0.856. The van der Waals surface area contributed by atoms with Crippen LogP contribution in [-0.4, -0.2) is 71.0 Å². The molecule has 1 N–H and O–H groups in total. The fourth-order valence-electron chi connectivity index (χ4n) is 2.74. The van der Waals surface area contributed by atoms with Crippen LogP contribution in [0.5, 0.6) is 5.75 Å². The monoisotopic (exact) mass is 341 g/mol. The summed E-state index contributed by atoms with van der Waals surface area (Å²) in [6, 6.07) is 4.56. The Morgan fingerprint density at radius 3 is 2.61 bits per heavy atom. The molecule has 1 fully saturated rings. The van der Waals surface area contributed by atoms with Crippen molar-refractivity contribution in [2.45, 2.75) is 17.9 Å². The second-order valence-corrected chi connectivity index (χ2v) is 7.54. The standard InChI is InChI=1S/C15H23N3O4S/c1-11-10-17(3)7-8-18(11)15(19)12-5-6-13(22-4)14(9-12)23(20,21)16-2/h5-6,9,11,16H,7-8,10H2,1-4H3/t11-/m1/s1. The molecule has 0 aromatic heterocycles. The van der Waals surface area contributed by atoms with E-state index in [1.54, 1.807) is 11.0 Å². The molecule has 1 heterocycles. The van der Waals surface area contributed by atoms with Crippen LogP contribution < -0.4 is 9.46 Å². The Hall–Kier alpha value is -1.64. The molecule has 8 heteroatoms. The molecule has 1 aliphatic heterocycles. The lowest BCUT2D eigenvalue weighted by Crippen LogP contribution is -2.52. The molecule has 1 aromatic rings. The van der Waals surface area contributed by atoms with Crippen LogP contribution in [0.1, 0.15) is 17.3 Å². The zero-order chi connectivity index (χ0) is 17.2.